The smallest absolute Gasteiger partial charge is 0.280 e. The molecule has 1 aromatic rings. The normalized spacial score (nSPS) is 11.0. The fourth-order valence-electron chi connectivity index (χ4n) is 1.01. The highest BCUT2D eigenvalue weighted by Gasteiger charge is 2.16. The van der Waals surface area contributed by atoms with Gasteiger partial charge in [0.25, 0.3) is 6.43 Å². The van der Waals surface area contributed by atoms with Gasteiger partial charge in [0, 0.05) is 11.4 Å². The van der Waals surface area contributed by atoms with Gasteiger partial charge in [-0.1, -0.05) is 0 Å². The van der Waals surface area contributed by atoms with Crippen molar-refractivity contribution in [3.05, 3.63) is 28.8 Å². The van der Waals surface area contributed by atoms with Gasteiger partial charge < -0.3 is 5.11 Å². The average molecular weight is 226 g/mol. The number of rotatable bonds is 3. The van der Waals surface area contributed by atoms with E-state index < -0.39 is 24.7 Å². The van der Waals surface area contributed by atoms with Crippen molar-refractivity contribution in [2.24, 2.45) is 0 Å². The van der Waals surface area contributed by atoms with Crippen LogP contribution >= 0.6 is 11.6 Å². The van der Waals surface area contributed by atoms with Crippen molar-refractivity contribution in [2.45, 2.75) is 18.9 Å². The quantitative estimate of drug-likeness (QED) is 0.633. The van der Waals surface area contributed by atoms with E-state index in [1.54, 1.807) is 0 Å². The molecule has 0 saturated carbocycles. The number of hydrogen-bond acceptors (Lipinski definition) is 2. The summed E-state index contributed by atoms with van der Waals surface area (Å²) >= 11 is 5.41. The molecule has 0 unspecified atom stereocenters. The van der Waals surface area contributed by atoms with Crippen LogP contribution in [0.5, 0.6) is 0 Å². The number of aliphatic hydroxyl groups excluding tert-OH is 1. The van der Waals surface area contributed by atoms with E-state index in [9.17, 15) is 13.2 Å². The number of hydrogen-bond donors (Lipinski definition) is 1. The van der Waals surface area contributed by atoms with E-state index in [-0.39, 0.29) is 17.0 Å². The Balaban J connectivity index is 3.24. The van der Waals surface area contributed by atoms with E-state index >= 15 is 0 Å². The molecule has 0 radical (unpaired) electrons. The number of halogens is 4. The largest absolute Gasteiger partial charge is 0.391 e. The molecule has 14 heavy (non-hydrogen) atoms. The molecule has 0 aliphatic carbocycles. The third kappa shape index (κ3) is 2.16. The minimum atomic E-state index is -2.85. The Labute approximate surface area is 83.3 Å². The Morgan fingerprint density at radius 3 is 2.57 bits per heavy atom. The highest BCUT2D eigenvalue weighted by molar-refractivity contribution is 6.17. The first-order valence-corrected chi connectivity index (χ1v) is 4.26. The molecule has 0 atom stereocenters. The van der Waals surface area contributed by atoms with Crippen molar-refractivity contribution in [3.8, 4) is 0 Å². The summed E-state index contributed by atoms with van der Waals surface area (Å²) in [6.45, 7) is -0.607. The van der Waals surface area contributed by atoms with Crippen LogP contribution in [0.4, 0.5) is 13.2 Å². The first-order valence-electron chi connectivity index (χ1n) is 3.73. The summed E-state index contributed by atoms with van der Waals surface area (Å²) in [7, 11) is 0. The van der Waals surface area contributed by atoms with Gasteiger partial charge in [-0.15, -0.1) is 11.6 Å². The predicted molar refractivity (Wildman–Crippen MR) is 44.6 cm³/mol. The van der Waals surface area contributed by atoms with E-state index in [1.165, 1.54) is 0 Å². The lowest BCUT2D eigenvalue weighted by molar-refractivity contribution is 0.144. The van der Waals surface area contributed by atoms with E-state index in [0.29, 0.717) is 0 Å². The lowest BCUT2D eigenvalue weighted by Gasteiger charge is -2.07. The van der Waals surface area contributed by atoms with Gasteiger partial charge in [-0.05, 0) is 11.6 Å². The molecule has 78 valence electrons. The summed E-state index contributed by atoms with van der Waals surface area (Å²) in [5.41, 5.74) is -0.670. The summed E-state index contributed by atoms with van der Waals surface area (Å²) < 4.78 is 37.3. The summed E-state index contributed by atoms with van der Waals surface area (Å²) in [5, 5.41) is 8.73. The van der Waals surface area contributed by atoms with E-state index in [4.69, 9.17) is 16.7 Å². The predicted octanol–water partition coefficient (Wildman–Crippen LogP) is 2.39. The van der Waals surface area contributed by atoms with Crippen molar-refractivity contribution < 1.29 is 18.3 Å². The third-order valence-corrected chi connectivity index (χ3v) is 2.00. The molecule has 6 heteroatoms. The Bertz CT molecular complexity index is 333. The Morgan fingerprint density at radius 1 is 1.50 bits per heavy atom. The van der Waals surface area contributed by atoms with Gasteiger partial charge in [0.05, 0.1) is 6.61 Å². The molecule has 0 fully saturated rings. The van der Waals surface area contributed by atoms with Gasteiger partial charge in [-0.3, -0.25) is 0 Å². The number of aromatic nitrogens is 1. The standard InChI is InChI=1S/C8H7ClF3NO/c9-2-4-1-6(7(10)11)13-8(12)5(4)3-14/h1,7,14H,2-3H2. The zero-order valence-corrected chi connectivity index (χ0v) is 7.73. The fraction of sp³-hybridized carbons (Fsp3) is 0.375. The number of aliphatic hydroxyl groups is 1. The van der Waals surface area contributed by atoms with Crippen molar-refractivity contribution in [3.63, 3.8) is 0 Å². The van der Waals surface area contributed by atoms with Crippen LogP contribution in [-0.4, -0.2) is 10.1 Å². The summed E-state index contributed by atoms with van der Waals surface area (Å²) in [4.78, 5) is 3.02. The molecular formula is C8H7ClF3NO. The second-order valence-electron chi connectivity index (χ2n) is 2.57. The lowest BCUT2D eigenvalue weighted by Crippen LogP contribution is -2.03. The first-order chi connectivity index (χ1) is 6.60. The molecular weight excluding hydrogens is 219 g/mol. The number of pyridine rings is 1. The monoisotopic (exact) mass is 225 g/mol. The number of nitrogens with zero attached hydrogens (tertiary/aromatic N) is 1. The van der Waals surface area contributed by atoms with Crippen LogP contribution < -0.4 is 0 Å². The van der Waals surface area contributed by atoms with Crippen LogP contribution in [0, 0.1) is 5.95 Å². The van der Waals surface area contributed by atoms with Crippen LogP contribution in [0.3, 0.4) is 0 Å². The maximum atomic E-state index is 13.0. The fourth-order valence-corrected chi connectivity index (χ4v) is 1.25. The van der Waals surface area contributed by atoms with Crippen molar-refractivity contribution in [2.75, 3.05) is 0 Å². The lowest BCUT2D eigenvalue weighted by atomic mass is 10.1. The Kier molecular flexibility index (Phi) is 3.71. The molecule has 0 spiro atoms. The maximum absolute atomic E-state index is 13.0. The summed E-state index contributed by atoms with van der Waals surface area (Å²) in [5.74, 6) is -1.24. The second kappa shape index (κ2) is 4.61. The van der Waals surface area contributed by atoms with Crippen LogP contribution in [0.1, 0.15) is 23.2 Å². The molecule has 0 aliphatic rings. The van der Waals surface area contributed by atoms with Crippen LogP contribution in [0.2, 0.25) is 0 Å². The molecule has 2 nitrogen and oxygen atoms in total. The molecule has 0 amide bonds. The number of alkyl halides is 3. The maximum Gasteiger partial charge on any atom is 0.280 e. The first kappa shape index (κ1) is 11.3. The molecule has 1 heterocycles. The van der Waals surface area contributed by atoms with Gasteiger partial charge >= 0.3 is 0 Å². The molecule has 1 aromatic heterocycles. The second-order valence-corrected chi connectivity index (χ2v) is 2.84. The van der Waals surface area contributed by atoms with Gasteiger partial charge in [0.1, 0.15) is 5.69 Å². The van der Waals surface area contributed by atoms with E-state index in [0.717, 1.165) is 6.07 Å². The van der Waals surface area contributed by atoms with Gasteiger partial charge in [0.2, 0.25) is 5.95 Å². The van der Waals surface area contributed by atoms with Gasteiger partial charge in [-0.25, -0.2) is 13.8 Å². The zero-order chi connectivity index (χ0) is 10.7. The summed E-state index contributed by atoms with van der Waals surface area (Å²) in [6.07, 6.45) is -2.85. The third-order valence-electron chi connectivity index (χ3n) is 1.71. The SMILES string of the molecule is OCc1c(CCl)cc(C(F)F)nc1F. The van der Waals surface area contributed by atoms with Crippen molar-refractivity contribution >= 4 is 11.6 Å². The Hall–Kier alpha value is -0.810. The molecule has 0 saturated heterocycles. The van der Waals surface area contributed by atoms with Crippen molar-refractivity contribution in [1.82, 2.24) is 4.98 Å². The van der Waals surface area contributed by atoms with Gasteiger partial charge in [0.15, 0.2) is 0 Å². The molecule has 0 aromatic carbocycles. The highest BCUT2D eigenvalue weighted by atomic mass is 35.5. The van der Waals surface area contributed by atoms with Crippen LogP contribution in [-0.2, 0) is 12.5 Å². The van der Waals surface area contributed by atoms with E-state index in [1.807, 2.05) is 0 Å². The average Bonchev–Trinajstić information content (AvgIpc) is 2.16. The van der Waals surface area contributed by atoms with E-state index in [2.05, 4.69) is 4.98 Å². The molecule has 1 rings (SSSR count). The minimum Gasteiger partial charge on any atom is -0.391 e. The van der Waals surface area contributed by atoms with Crippen LogP contribution in [0.15, 0.2) is 6.07 Å². The van der Waals surface area contributed by atoms with Gasteiger partial charge in [-0.2, -0.15) is 4.39 Å². The molecule has 0 aliphatic heterocycles. The van der Waals surface area contributed by atoms with Crippen molar-refractivity contribution in [1.29, 1.82) is 0 Å². The highest BCUT2D eigenvalue weighted by Crippen LogP contribution is 2.22. The molecule has 1 N–H and O–H groups in total. The topological polar surface area (TPSA) is 33.1 Å². The van der Waals surface area contributed by atoms with Crippen LogP contribution in [0.25, 0.3) is 0 Å². The molecule has 0 bridgehead atoms. The summed E-state index contributed by atoms with van der Waals surface area (Å²) in [6, 6.07) is 0.992. The Morgan fingerprint density at radius 2 is 2.14 bits per heavy atom. The zero-order valence-electron chi connectivity index (χ0n) is 6.98. The minimum absolute atomic E-state index is 0.135.